The summed E-state index contributed by atoms with van der Waals surface area (Å²) in [4.78, 5) is 15.7. The summed E-state index contributed by atoms with van der Waals surface area (Å²) in [7, 11) is 0. The molecule has 1 aromatic carbocycles. The van der Waals surface area contributed by atoms with Gasteiger partial charge in [0.1, 0.15) is 5.75 Å². The number of hydrogen-bond acceptors (Lipinski definition) is 2. The number of aromatic nitrogens is 1. The molecule has 25 heavy (non-hydrogen) atoms. The van der Waals surface area contributed by atoms with Gasteiger partial charge in [-0.1, -0.05) is 24.6 Å². The van der Waals surface area contributed by atoms with Gasteiger partial charge in [-0.05, 0) is 61.9 Å². The number of carbonyl (C=O) groups is 1. The molecule has 132 valence electrons. The van der Waals surface area contributed by atoms with Crippen LogP contribution in [-0.2, 0) is 11.2 Å². The standard InChI is InChI=1S/C21H26N2O2/c1-3-4-5-6-17-14(2)7-9-20(17)23-21(25)11-15-13-22-19-10-8-16(24)12-18(15)19/h4-5,8,10,12-13,20,22,24H,3,6-7,9,11H2,1-2H3,(H,23,25)/b5-4-. The Kier molecular flexibility index (Phi) is 5.27. The van der Waals surface area contributed by atoms with E-state index in [1.54, 1.807) is 12.1 Å². The lowest BCUT2D eigenvalue weighted by Crippen LogP contribution is -2.35. The zero-order valence-corrected chi connectivity index (χ0v) is 14.9. The number of rotatable bonds is 6. The first kappa shape index (κ1) is 17.3. The highest BCUT2D eigenvalue weighted by molar-refractivity contribution is 5.89. The molecule has 3 N–H and O–H groups in total. The molecule has 2 aromatic rings. The molecular formula is C21H26N2O2. The molecule has 0 fully saturated rings. The van der Waals surface area contributed by atoms with Crippen molar-refractivity contribution in [3.05, 3.63) is 53.3 Å². The Bertz CT molecular complexity index is 830. The van der Waals surface area contributed by atoms with Gasteiger partial charge in [-0.15, -0.1) is 0 Å². The predicted molar refractivity (Wildman–Crippen MR) is 102 cm³/mol. The number of nitrogens with one attached hydrogen (secondary N) is 2. The number of aromatic hydroxyl groups is 1. The highest BCUT2D eigenvalue weighted by Gasteiger charge is 2.24. The van der Waals surface area contributed by atoms with Crippen LogP contribution in [0.1, 0.15) is 45.1 Å². The van der Waals surface area contributed by atoms with Crippen molar-refractivity contribution in [3.8, 4) is 5.75 Å². The van der Waals surface area contributed by atoms with Gasteiger partial charge in [-0.3, -0.25) is 4.79 Å². The number of phenols is 1. The number of carbonyl (C=O) groups excluding carboxylic acids is 1. The molecule has 1 unspecified atom stereocenters. The van der Waals surface area contributed by atoms with Crippen molar-refractivity contribution >= 4 is 16.8 Å². The van der Waals surface area contributed by atoms with Gasteiger partial charge in [-0.2, -0.15) is 0 Å². The second kappa shape index (κ2) is 7.60. The number of amides is 1. The fourth-order valence-corrected chi connectivity index (χ4v) is 3.58. The van der Waals surface area contributed by atoms with E-state index < -0.39 is 0 Å². The lowest BCUT2D eigenvalue weighted by atomic mass is 10.0. The van der Waals surface area contributed by atoms with Crippen LogP contribution in [0.2, 0.25) is 0 Å². The van der Waals surface area contributed by atoms with Crippen LogP contribution in [0, 0.1) is 0 Å². The van der Waals surface area contributed by atoms with E-state index >= 15 is 0 Å². The van der Waals surface area contributed by atoms with Crippen LogP contribution >= 0.6 is 0 Å². The minimum atomic E-state index is 0.0286. The number of allylic oxidation sites excluding steroid dienone is 3. The van der Waals surface area contributed by atoms with Crippen molar-refractivity contribution in [2.45, 2.75) is 52.0 Å². The van der Waals surface area contributed by atoms with Crippen LogP contribution in [-0.4, -0.2) is 22.0 Å². The molecule has 0 saturated heterocycles. The average molecular weight is 338 g/mol. The number of phenolic OH excluding ortho intramolecular Hbond substituents is 1. The van der Waals surface area contributed by atoms with Crippen LogP contribution in [0.3, 0.4) is 0 Å². The normalized spacial score (nSPS) is 17.8. The van der Waals surface area contributed by atoms with Gasteiger partial charge in [-0.25, -0.2) is 0 Å². The van der Waals surface area contributed by atoms with Gasteiger partial charge in [0.15, 0.2) is 0 Å². The van der Waals surface area contributed by atoms with Crippen LogP contribution in [0.15, 0.2) is 47.7 Å². The van der Waals surface area contributed by atoms with E-state index in [4.69, 9.17) is 0 Å². The smallest absolute Gasteiger partial charge is 0.224 e. The number of hydrogen-bond donors (Lipinski definition) is 3. The summed E-state index contributed by atoms with van der Waals surface area (Å²) in [6.45, 7) is 4.30. The zero-order chi connectivity index (χ0) is 17.8. The van der Waals surface area contributed by atoms with Crippen LogP contribution in [0.25, 0.3) is 10.9 Å². The molecule has 0 saturated carbocycles. The van der Waals surface area contributed by atoms with Crippen molar-refractivity contribution in [3.63, 3.8) is 0 Å². The van der Waals surface area contributed by atoms with Gasteiger partial charge in [0.2, 0.25) is 5.91 Å². The monoisotopic (exact) mass is 338 g/mol. The van der Waals surface area contributed by atoms with Crippen molar-refractivity contribution in [2.75, 3.05) is 0 Å². The summed E-state index contributed by atoms with van der Waals surface area (Å²) in [5.74, 6) is 0.244. The molecule has 3 rings (SSSR count). The van der Waals surface area contributed by atoms with Crippen molar-refractivity contribution in [1.82, 2.24) is 10.3 Å². The van der Waals surface area contributed by atoms with Crippen molar-refractivity contribution < 1.29 is 9.90 Å². The molecule has 1 aliphatic carbocycles. The molecule has 4 nitrogen and oxygen atoms in total. The van der Waals surface area contributed by atoms with Gasteiger partial charge < -0.3 is 15.4 Å². The van der Waals surface area contributed by atoms with Crippen LogP contribution < -0.4 is 5.32 Å². The molecule has 1 heterocycles. The van der Waals surface area contributed by atoms with Crippen LogP contribution in [0.4, 0.5) is 0 Å². The maximum absolute atomic E-state index is 12.5. The van der Waals surface area contributed by atoms with Crippen LogP contribution in [0.5, 0.6) is 5.75 Å². The molecule has 1 amide bonds. The highest BCUT2D eigenvalue weighted by atomic mass is 16.3. The Labute approximate surface area is 148 Å². The van der Waals surface area contributed by atoms with Crippen molar-refractivity contribution in [2.24, 2.45) is 0 Å². The summed E-state index contributed by atoms with van der Waals surface area (Å²) in [5, 5.41) is 13.8. The van der Waals surface area contributed by atoms with E-state index in [1.807, 2.05) is 12.3 Å². The average Bonchev–Trinajstić information content (AvgIpc) is 3.13. The lowest BCUT2D eigenvalue weighted by molar-refractivity contribution is -0.120. The number of benzene rings is 1. The molecule has 1 aromatic heterocycles. The van der Waals surface area contributed by atoms with Crippen molar-refractivity contribution in [1.29, 1.82) is 0 Å². The van der Waals surface area contributed by atoms with Gasteiger partial charge in [0.05, 0.1) is 12.5 Å². The second-order valence-corrected chi connectivity index (χ2v) is 6.77. The summed E-state index contributed by atoms with van der Waals surface area (Å²) in [5.41, 5.74) is 4.61. The minimum absolute atomic E-state index is 0.0286. The first-order chi connectivity index (χ1) is 12.1. The maximum atomic E-state index is 12.5. The van der Waals surface area contributed by atoms with Gasteiger partial charge in [0, 0.05) is 17.1 Å². The maximum Gasteiger partial charge on any atom is 0.224 e. The van der Waals surface area contributed by atoms with E-state index in [-0.39, 0.29) is 17.7 Å². The Morgan fingerprint density at radius 1 is 1.40 bits per heavy atom. The largest absolute Gasteiger partial charge is 0.508 e. The molecule has 1 aliphatic rings. The van der Waals surface area contributed by atoms with E-state index in [2.05, 4.69) is 36.3 Å². The van der Waals surface area contributed by atoms with Gasteiger partial charge >= 0.3 is 0 Å². The fourth-order valence-electron chi connectivity index (χ4n) is 3.58. The third-order valence-electron chi connectivity index (χ3n) is 4.95. The molecule has 4 heteroatoms. The summed E-state index contributed by atoms with van der Waals surface area (Å²) in [6.07, 6.45) is 10.5. The predicted octanol–water partition coefficient (Wildman–Crippen LogP) is 4.37. The molecule has 1 atom stereocenters. The Morgan fingerprint density at radius 2 is 2.24 bits per heavy atom. The highest BCUT2D eigenvalue weighted by Crippen LogP contribution is 2.29. The quantitative estimate of drug-likeness (QED) is 0.685. The fraction of sp³-hybridized carbons (Fsp3) is 0.381. The molecular weight excluding hydrogens is 312 g/mol. The van der Waals surface area contributed by atoms with Gasteiger partial charge in [0.25, 0.3) is 0 Å². The number of aromatic amines is 1. The Morgan fingerprint density at radius 3 is 3.04 bits per heavy atom. The summed E-state index contributed by atoms with van der Waals surface area (Å²) in [6, 6.07) is 5.32. The van der Waals surface area contributed by atoms with E-state index in [1.165, 1.54) is 11.1 Å². The first-order valence-corrected chi connectivity index (χ1v) is 9.00. The molecule has 0 radical (unpaired) electrons. The number of H-pyrrole nitrogens is 1. The summed E-state index contributed by atoms with van der Waals surface area (Å²) < 4.78 is 0. The Balaban J connectivity index is 1.67. The zero-order valence-electron chi connectivity index (χ0n) is 14.9. The van der Waals surface area contributed by atoms with E-state index in [0.717, 1.165) is 42.1 Å². The van der Waals surface area contributed by atoms with E-state index in [0.29, 0.717) is 6.42 Å². The third-order valence-corrected chi connectivity index (χ3v) is 4.95. The molecule has 0 bridgehead atoms. The second-order valence-electron chi connectivity index (χ2n) is 6.77. The third kappa shape index (κ3) is 3.95. The lowest BCUT2D eigenvalue weighted by Gasteiger charge is -2.16. The van der Waals surface area contributed by atoms with E-state index in [9.17, 15) is 9.90 Å². The summed E-state index contributed by atoms with van der Waals surface area (Å²) >= 11 is 0. The minimum Gasteiger partial charge on any atom is -0.508 e. The molecule has 0 aliphatic heterocycles. The number of fused-ring (bicyclic) bond motifs is 1. The molecule has 0 spiro atoms. The topological polar surface area (TPSA) is 65.1 Å². The SMILES string of the molecule is CC/C=C\CC1=C(C)CCC1NC(=O)Cc1c[nH]c2ccc(O)cc12. The Hall–Kier alpha value is -2.49. The first-order valence-electron chi connectivity index (χ1n) is 9.00.